The van der Waals surface area contributed by atoms with Crippen molar-refractivity contribution in [2.45, 2.75) is 51.0 Å². The van der Waals surface area contributed by atoms with Gasteiger partial charge in [0.15, 0.2) is 0 Å². The van der Waals surface area contributed by atoms with Crippen LogP contribution in [0.25, 0.3) is 0 Å². The minimum Gasteiger partial charge on any atom is -0.382 e. The van der Waals surface area contributed by atoms with Gasteiger partial charge in [-0.25, -0.2) is 8.42 Å². The van der Waals surface area contributed by atoms with Crippen molar-refractivity contribution in [1.82, 2.24) is 4.31 Å². The fourth-order valence-electron chi connectivity index (χ4n) is 2.52. The first-order chi connectivity index (χ1) is 11.5. The summed E-state index contributed by atoms with van der Waals surface area (Å²) < 4.78 is 37.5. The average molecular weight is 358 g/mol. The molecule has 5 nitrogen and oxygen atoms in total. The van der Waals surface area contributed by atoms with Crippen LogP contribution in [0.5, 0.6) is 0 Å². The molecule has 0 unspecified atom stereocenters. The zero-order valence-corrected chi connectivity index (χ0v) is 16.1. The van der Waals surface area contributed by atoms with E-state index in [1.54, 1.807) is 23.5 Å². The molecule has 6 heteroatoms. The van der Waals surface area contributed by atoms with E-state index in [4.69, 9.17) is 9.47 Å². The lowest BCUT2D eigenvalue weighted by Gasteiger charge is -2.31. The number of hydrogen-bond donors (Lipinski definition) is 0. The van der Waals surface area contributed by atoms with Crippen LogP contribution in [0.1, 0.15) is 38.7 Å². The van der Waals surface area contributed by atoms with Crippen LogP contribution in [-0.2, 0) is 19.5 Å². The summed E-state index contributed by atoms with van der Waals surface area (Å²) in [7, 11) is -1.75. The third-order valence-electron chi connectivity index (χ3n) is 3.75. The molecule has 2 rings (SSSR count). The van der Waals surface area contributed by atoms with Crippen LogP contribution in [0.3, 0.4) is 0 Å². The molecule has 1 heterocycles. The molecule has 1 aliphatic heterocycles. The number of nitrogens with zero attached hydrogens (tertiary/aromatic N) is 1. The van der Waals surface area contributed by atoms with E-state index in [1.807, 2.05) is 19.1 Å². The maximum Gasteiger partial charge on any atom is 0.243 e. The first-order valence-electron chi connectivity index (χ1n) is 8.63. The van der Waals surface area contributed by atoms with Crippen molar-refractivity contribution in [2.75, 3.05) is 33.4 Å². The smallest absolute Gasteiger partial charge is 0.243 e. The van der Waals surface area contributed by atoms with Crippen molar-refractivity contribution in [2.24, 2.45) is 0 Å². The Balaban J connectivity index is 0.000000891. The molecule has 0 radical (unpaired) electrons. The molecule has 1 saturated heterocycles. The SMILES string of the molecule is CCC.COCCOC1CCN(S(=O)(=O)c2ccccc2C)CC1. The predicted octanol–water partition coefficient (Wildman–Crippen LogP) is 3.23. The fraction of sp³-hybridized carbons (Fsp3) is 0.667. The standard InChI is InChI=1S/C15H23NO4S.C3H8/c1-13-5-3-4-6-15(13)21(17,18)16-9-7-14(8-10-16)20-12-11-19-2;1-3-2/h3-6,14H,7-12H2,1-2H3;3H2,1-2H3. The quantitative estimate of drug-likeness (QED) is 0.734. The largest absolute Gasteiger partial charge is 0.382 e. The number of benzene rings is 1. The maximum absolute atomic E-state index is 12.6. The zero-order valence-electron chi connectivity index (χ0n) is 15.3. The molecule has 0 bridgehead atoms. The maximum atomic E-state index is 12.6. The van der Waals surface area contributed by atoms with Gasteiger partial charge in [0.25, 0.3) is 0 Å². The summed E-state index contributed by atoms with van der Waals surface area (Å²) >= 11 is 0. The van der Waals surface area contributed by atoms with E-state index in [9.17, 15) is 8.42 Å². The highest BCUT2D eigenvalue weighted by atomic mass is 32.2. The molecule has 138 valence electrons. The van der Waals surface area contributed by atoms with Gasteiger partial charge < -0.3 is 9.47 Å². The van der Waals surface area contributed by atoms with Crippen LogP contribution in [0.15, 0.2) is 29.2 Å². The summed E-state index contributed by atoms with van der Waals surface area (Å²) in [6, 6.07) is 7.12. The highest BCUT2D eigenvalue weighted by Crippen LogP contribution is 2.24. The molecular weight excluding hydrogens is 326 g/mol. The van der Waals surface area contributed by atoms with Gasteiger partial charge in [0.05, 0.1) is 24.2 Å². The highest BCUT2D eigenvalue weighted by Gasteiger charge is 2.30. The third-order valence-corrected chi connectivity index (χ3v) is 5.81. The van der Waals surface area contributed by atoms with E-state index < -0.39 is 10.0 Å². The molecule has 0 saturated carbocycles. The molecule has 1 aromatic carbocycles. The molecule has 0 atom stereocenters. The zero-order chi connectivity index (χ0) is 18.0. The number of sulfonamides is 1. The Morgan fingerprint density at radius 2 is 1.71 bits per heavy atom. The summed E-state index contributed by atoms with van der Waals surface area (Å²) in [5.41, 5.74) is 0.788. The van der Waals surface area contributed by atoms with Gasteiger partial charge >= 0.3 is 0 Å². The number of methoxy groups -OCH3 is 1. The molecule has 1 fully saturated rings. The second kappa shape index (κ2) is 10.8. The van der Waals surface area contributed by atoms with Crippen LogP contribution in [0, 0.1) is 6.92 Å². The molecule has 0 aromatic heterocycles. The number of piperidine rings is 1. The number of ether oxygens (including phenoxy) is 2. The van der Waals surface area contributed by atoms with Crippen LogP contribution < -0.4 is 0 Å². The molecular formula is C18H31NO4S. The first kappa shape index (κ1) is 21.1. The minimum absolute atomic E-state index is 0.128. The van der Waals surface area contributed by atoms with E-state index >= 15 is 0 Å². The number of hydrogen-bond acceptors (Lipinski definition) is 4. The molecule has 1 aromatic rings. The predicted molar refractivity (Wildman–Crippen MR) is 96.8 cm³/mol. The van der Waals surface area contributed by atoms with Crippen molar-refractivity contribution in [3.63, 3.8) is 0 Å². The molecule has 0 N–H and O–H groups in total. The topological polar surface area (TPSA) is 55.8 Å². The molecule has 24 heavy (non-hydrogen) atoms. The van der Waals surface area contributed by atoms with Gasteiger partial charge in [0.1, 0.15) is 0 Å². The van der Waals surface area contributed by atoms with Crippen molar-refractivity contribution in [3.8, 4) is 0 Å². The van der Waals surface area contributed by atoms with E-state index in [0.29, 0.717) is 31.2 Å². The monoisotopic (exact) mass is 357 g/mol. The van der Waals surface area contributed by atoms with Gasteiger partial charge in [-0.05, 0) is 31.4 Å². The van der Waals surface area contributed by atoms with Gasteiger partial charge in [0.2, 0.25) is 10.0 Å². The van der Waals surface area contributed by atoms with Crippen molar-refractivity contribution < 1.29 is 17.9 Å². The number of aryl methyl sites for hydroxylation is 1. The van der Waals surface area contributed by atoms with Gasteiger partial charge in [0, 0.05) is 20.2 Å². The summed E-state index contributed by atoms with van der Waals surface area (Å²) in [6.07, 6.45) is 2.84. The third kappa shape index (κ3) is 6.16. The van der Waals surface area contributed by atoms with Crippen LogP contribution in [0.4, 0.5) is 0 Å². The summed E-state index contributed by atoms with van der Waals surface area (Å²) in [6.45, 7) is 8.23. The van der Waals surface area contributed by atoms with E-state index in [0.717, 1.165) is 18.4 Å². The first-order valence-corrected chi connectivity index (χ1v) is 10.1. The Hall–Kier alpha value is -0.950. The normalized spacial score (nSPS) is 16.5. The van der Waals surface area contributed by atoms with E-state index in [1.165, 1.54) is 6.42 Å². The van der Waals surface area contributed by atoms with E-state index in [2.05, 4.69) is 13.8 Å². The Morgan fingerprint density at radius 1 is 1.12 bits per heavy atom. The summed E-state index contributed by atoms with van der Waals surface area (Å²) in [4.78, 5) is 0.406. The minimum atomic E-state index is -3.39. The van der Waals surface area contributed by atoms with Gasteiger partial charge in [-0.3, -0.25) is 0 Å². The van der Waals surface area contributed by atoms with Crippen LogP contribution in [-0.4, -0.2) is 52.2 Å². The number of rotatable bonds is 6. The Morgan fingerprint density at radius 3 is 2.25 bits per heavy atom. The van der Waals surface area contributed by atoms with Gasteiger partial charge in [-0.1, -0.05) is 38.5 Å². The highest BCUT2D eigenvalue weighted by molar-refractivity contribution is 7.89. The second-order valence-corrected chi connectivity index (χ2v) is 7.85. The molecule has 0 amide bonds. The van der Waals surface area contributed by atoms with Crippen LogP contribution in [0.2, 0.25) is 0 Å². The lowest BCUT2D eigenvalue weighted by Crippen LogP contribution is -2.41. The Kier molecular flexibility index (Phi) is 9.51. The average Bonchev–Trinajstić information content (AvgIpc) is 2.56. The van der Waals surface area contributed by atoms with Gasteiger partial charge in [-0.2, -0.15) is 4.31 Å². The molecule has 0 spiro atoms. The lowest BCUT2D eigenvalue weighted by atomic mass is 10.1. The Bertz CT molecular complexity index is 566. The lowest BCUT2D eigenvalue weighted by molar-refractivity contribution is -0.00502. The van der Waals surface area contributed by atoms with Gasteiger partial charge in [-0.15, -0.1) is 0 Å². The fourth-order valence-corrected chi connectivity index (χ4v) is 4.22. The Labute approximate surface area is 147 Å². The molecule has 0 aliphatic carbocycles. The van der Waals surface area contributed by atoms with Crippen molar-refractivity contribution in [1.29, 1.82) is 0 Å². The van der Waals surface area contributed by atoms with E-state index in [-0.39, 0.29) is 6.10 Å². The van der Waals surface area contributed by atoms with Crippen molar-refractivity contribution >= 4 is 10.0 Å². The second-order valence-electron chi connectivity index (χ2n) is 5.94. The summed E-state index contributed by atoms with van der Waals surface area (Å²) in [5, 5.41) is 0. The molecule has 1 aliphatic rings. The summed E-state index contributed by atoms with van der Waals surface area (Å²) in [5.74, 6) is 0. The van der Waals surface area contributed by atoms with Crippen LogP contribution >= 0.6 is 0 Å². The van der Waals surface area contributed by atoms with Crippen molar-refractivity contribution in [3.05, 3.63) is 29.8 Å².